The topological polar surface area (TPSA) is 41.6 Å². The fourth-order valence-corrected chi connectivity index (χ4v) is 1.92. The van der Waals surface area contributed by atoms with Crippen LogP contribution in [0.5, 0.6) is 5.75 Å². The number of hydrogen-bond donors (Lipinski definition) is 1. The average Bonchev–Trinajstić information content (AvgIpc) is 2.86. The Morgan fingerprint density at radius 1 is 1.29 bits per heavy atom. The first kappa shape index (κ1) is 11.8. The van der Waals surface area contributed by atoms with E-state index in [0.29, 0.717) is 6.61 Å². The number of urea groups is 1. The standard InChI is InChI=1S/C13H18N2O2/c1-2-17-12-7-5-11(6-8-12)14-13(16)15-9-3-4-10-15/h5-8H,2-4,9-10H2,1H3,(H,14,16). The molecule has 0 unspecified atom stereocenters. The number of nitrogens with one attached hydrogen (secondary N) is 1. The van der Waals surface area contributed by atoms with Crippen molar-refractivity contribution < 1.29 is 9.53 Å². The fraction of sp³-hybridized carbons (Fsp3) is 0.462. The maximum atomic E-state index is 11.8. The van der Waals surface area contributed by atoms with Gasteiger partial charge < -0.3 is 15.0 Å². The van der Waals surface area contributed by atoms with Crippen LogP contribution in [0, 0.1) is 0 Å². The molecular formula is C13H18N2O2. The Morgan fingerprint density at radius 3 is 2.53 bits per heavy atom. The summed E-state index contributed by atoms with van der Waals surface area (Å²) >= 11 is 0. The van der Waals surface area contributed by atoms with E-state index in [-0.39, 0.29) is 6.03 Å². The van der Waals surface area contributed by atoms with Crippen molar-refractivity contribution in [3.63, 3.8) is 0 Å². The lowest BCUT2D eigenvalue weighted by Gasteiger charge is -2.16. The van der Waals surface area contributed by atoms with Gasteiger partial charge in [0.25, 0.3) is 0 Å². The summed E-state index contributed by atoms with van der Waals surface area (Å²) in [4.78, 5) is 13.7. The van der Waals surface area contributed by atoms with Crippen LogP contribution in [0.25, 0.3) is 0 Å². The number of rotatable bonds is 3. The molecule has 92 valence electrons. The van der Waals surface area contributed by atoms with E-state index in [9.17, 15) is 4.79 Å². The van der Waals surface area contributed by atoms with Crippen molar-refractivity contribution >= 4 is 11.7 Å². The normalized spacial score (nSPS) is 14.8. The van der Waals surface area contributed by atoms with E-state index < -0.39 is 0 Å². The fourth-order valence-electron chi connectivity index (χ4n) is 1.92. The van der Waals surface area contributed by atoms with Gasteiger partial charge in [-0.05, 0) is 44.0 Å². The average molecular weight is 234 g/mol. The maximum absolute atomic E-state index is 11.8. The molecule has 0 bridgehead atoms. The molecule has 1 aliphatic rings. The number of benzene rings is 1. The van der Waals surface area contributed by atoms with Gasteiger partial charge >= 0.3 is 6.03 Å². The van der Waals surface area contributed by atoms with Gasteiger partial charge in [-0.25, -0.2) is 4.79 Å². The Hall–Kier alpha value is -1.71. The molecule has 1 aromatic carbocycles. The number of nitrogens with zero attached hydrogens (tertiary/aromatic N) is 1. The first-order valence-electron chi connectivity index (χ1n) is 6.08. The molecule has 1 heterocycles. The van der Waals surface area contributed by atoms with Crippen molar-refractivity contribution in [2.24, 2.45) is 0 Å². The summed E-state index contributed by atoms with van der Waals surface area (Å²) in [6.07, 6.45) is 2.22. The lowest BCUT2D eigenvalue weighted by Crippen LogP contribution is -2.32. The second-order valence-electron chi connectivity index (χ2n) is 4.08. The number of ether oxygens (including phenoxy) is 1. The smallest absolute Gasteiger partial charge is 0.321 e. The van der Waals surface area contributed by atoms with E-state index in [4.69, 9.17) is 4.74 Å². The van der Waals surface area contributed by atoms with Crippen LogP contribution in [0.15, 0.2) is 24.3 Å². The Morgan fingerprint density at radius 2 is 1.94 bits per heavy atom. The van der Waals surface area contributed by atoms with Crippen LogP contribution in [0.3, 0.4) is 0 Å². The molecule has 2 rings (SSSR count). The molecule has 0 aliphatic carbocycles. The number of hydrogen-bond acceptors (Lipinski definition) is 2. The van der Waals surface area contributed by atoms with Crippen LogP contribution < -0.4 is 10.1 Å². The Kier molecular flexibility index (Phi) is 3.85. The van der Waals surface area contributed by atoms with Gasteiger partial charge in [0, 0.05) is 18.8 Å². The highest BCUT2D eigenvalue weighted by atomic mass is 16.5. The largest absolute Gasteiger partial charge is 0.494 e. The lowest BCUT2D eigenvalue weighted by atomic mass is 10.3. The highest BCUT2D eigenvalue weighted by molar-refractivity contribution is 5.89. The van der Waals surface area contributed by atoms with Crippen molar-refractivity contribution in [1.82, 2.24) is 4.90 Å². The van der Waals surface area contributed by atoms with Gasteiger partial charge in [0.05, 0.1) is 6.61 Å². The molecular weight excluding hydrogens is 216 g/mol. The second-order valence-corrected chi connectivity index (χ2v) is 4.08. The molecule has 0 saturated carbocycles. The number of anilines is 1. The minimum absolute atomic E-state index is 0.00772. The molecule has 0 radical (unpaired) electrons. The van der Waals surface area contributed by atoms with Crippen molar-refractivity contribution in [1.29, 1.82) is 0 Å². The molecule has 1 fully saturated rings. The van der Waals surface area contributed by atoms with Crippen LogP contribution in [0.1, 0.15) is 19.8 Å². The Balaban J connectivity index is 1.91. The van der Waals surface area contributed by atoms with Crippen LogP contribution in [-0.4, -0.2) is 30.6 Å². The molecule has 4 nitrogen and oxygen atoms in total. The zero-order valence-corrected chi connectivity index (χ0v) is 10.1. The van der Waals surface area contributed by atoms with Gasteiger partial charge in [0.2, 0.25) is 0 Å². The van der Waals surface area contributed by atoms with Crippen LogP contribution >= 0.6 is 0 Å². The number of likely N-dealkylation sites (tertiary alicyclic amines) is 1. The summed E-state index contributed by atoms with van der Waals surface area (Å²) in [5, 5.41) is 2.88. The van der Waals surface area contributed by atoms with Crippen molar-refractivity contribution in [2.75, 3.05) is 25.0 Å². The Bertz CT molecular complexity index is 370. The van der Waals surface area contributed by atoms with E-state index in [1.54, 1.807) is 0 Å². The SMILES string of the molecule is CCOc1ccc(NC(=O)N2CCCC2)cc1. The summed E-state index contributed by atoms with van der Waals surface area (Å²) in [5.74, 6) is 0.826. The van der Waals surface area contributed by atoms with Gasteiger partial charge in [-0.3, -0.25) is 0 Å². The van der Waals surface area contributed by atoms with Gasteiger partial charge in [-0.15, -0.1) is 0 Å². The van der Waals surface area contributed by atoms with Gasteiger partial charge in [-0.2, -0.15) is 0 Å². The molecule has 2 amide bonds. The van der Waals surface area contributed by atoms with E-state index in [0.717, 1.165) is 37.4 Å². The molecule has 0 spiro atoms. The molecule has 1 aliphatic heterocycles. The lowest BCUT2D eigenvalue weighted by molar-refractivity contribution is 0.222. The third-order valence-corrected chi connectivity index (χ3v) is 2.81. The predicted molar refractivity (Wildman–Crippen MR) is 67.4 cm³/mol. The van der Waals surface area contributed by atoms with E-state index in [1.165, 1.54) is 0 Å². The van der Waals surface area contributed by atoms with Crippen LogP contribution in [-0.2, 0) is 0 Å². The quantitative estimate of drug-likeness (QED) is 0.873. The summed E-state index contributed by atoms with van der Waals surface area (Å²) in [5.41, 5.74) is 0.811. The predicted octanol–water partition coefficient (Wildman–Crippen LogP) is 2.71. The van der Waals surface area contributed by atoms with Crippen LogP contribution in [0.4, 0.5) is 10.5 Å². The summed E-state index contributed by atoms with van der Waals surface area (Å²) in [7, 11) is 0. The summed E-state index contributed by atoms with van der Waals surface area (Å²) in [6.45, 7) is 4.33. The van der Waals surface area contributed by atoms with Gasteiger partial charge in [0.1, 0.15) is 5.75 Å². The van der Waals surface area contributed by atoms with Crippen LogP contribution in [0.2, 0.25) is 0 Å². The Labute approximate surface area is 102 Å². The van der Waals surface area contributed by atoms with E-state index in [1.807, 2.05) is 36.1 Å². The van der Waals surface area contributed by atoms with Gasteiger partial charge in [-0.1, -0.05) is 0 Å². The first-order chi connectivity index (χ1) is 8.29. The third kappa shape index (κ3) is 3.12. The molecule has 17 heavy (non-hydrogen) atoms. The highest BCUT2D eigenvalue weighted by Crippen LogP contribution is 2.17. The monoisotopic (exact) mass is 234 g/mol. The first-order valence-corrected chi connectivity index (χ1v) is 6.08. The molecule has 0 atom stereocenters. The third-order valence-electron chi connectivity index (χ3n) is 2.81. The van der Waals surface area contributed by atoms with E-state index in [2.05, 4.69) is 5.32 Å². The van der Waals surface area contributed by atoms with Gasteiger partial charge in [0.15, 0.2) is 0 Å². The minimum atomic E-state index is -0.00772. The van der Waals surface area contributed by atoms with Crippen molar-refractivity contribution in [3.8, 4) is 5.75 Å². The number of carbonyl (C=O) groups is 1. The summed E-state index contributed by atoms with van der Waals surface area (Å²) < 4.78 is 5.34. The zero-order valence-electron chi connectivity index (χ0n) is 10.1. The molecule has 0 aromatic heterocycles. The number of amides is 2. The minimum Gasteiger partial charge on any atom is -0.494 e. The molecule has 1 aromatic rings. The van der Waals surface area contributed by atoms with E-state index >= 15 is 0 Å². The molecule has 1 N–H and O–H groups in total. The van der Waals surface area contributed by atoms with Crippen molar-refractivity contribution in [2.45, 2.75) is 19.8 Å². The molecule has 1 saturated heterocycles. The summed E-state index contributed by atoms with van der Waals surface area (Å²) in [6, 6.07) is 7.44. The maximum Gasteiger partial charge on any atom is 0.321 e. The van der Waals surface area contributed by atoms with Crippen molar-refractivity contribution in [3.05, 3.63) is 24.3 Å². The number of carbonyl (C=O) groups excluding carboxylic acids is 1. The molecule has 4 heteroatoms. The zero-order chi connectivity index (χ0) is 12.1. The second kappa shape index (κ2) is 5.57. The highest BCUT2D eigenvalue weighted by Gasteiger charge is 2.17.